The van der Waals surface area contributed by atoms with E-state index < -0.39 is 0 Å². The van der Waals surface area contributed by atoms with Gasteiger partial charge in [-0.1, -0.05) is 64.5 Å². The number of pyridine rings is 1. The van der Waals surface area contributed by atoms with Crippen LogP contribution in [0.1, 0.15) is 28.2 Å². The van der Waals surface area contributed by atoms with Gasteiger partial charge in [-0.25, -0.2) is 0 Å². The van der Waals surface area contributed by atoms with Crippen molar-refractivity contribution in [3.05, 3.63) is 124 Å². The molecule has 0 atom stereocenters. The lowest BCUT2D eigenvalue weighted by molar-refractivity contribution is 0.235. The molecular formula is C28H23BrN6. The van der Waals surface area contributed by atoms with Gasteiger partial charge < -0.3 is 4.57 Å². The molecule has 0 saturated heterocycles. The third kappa shape index (κ3) is 5.80. The molecule has 6 nitrogen and oxygen atoms in total. The van der Waals surface area contributed by atoms with Crippen molar-refractivity contribution in [1.82, 2.24) is 24.6 Å². The second kappa shape index (κ2) is 10.6. The lowest BCUT2D eigenvalue weighted by atomic mass is 10.1. The number of fused-ring (bicyclic) bond motifs is 1. The molecule has 0 N–H and O–H groups in total. The van der Waals surface area contributed by atoms with E-state index in [0.717, 1.165) is 39.0 Å². The highest BCUT2D eigenvalue weighted by atomic mass is 79.9. The van der Waals surface area contributed by atoms with E-state index in [1.165, 1.54) is 5.56 Å². The van der Waals surface area contributed by atoms with Crippen LogP contribution in [0.4, 0.5) is 0 Å². The first-order valence-electron chi connectivity index (χ1n) is 11.3. The summed E-state index contributed by atoms with van der Waals surface area (Å²) >= 11 is 3.52. The summed E-state index contributed by atoms with van der Waals surface area (Å²) in [6, 6.07) is 30.6. The average molecular weight is 523 g/mol. The van der Waals surface area contributed by atoms with Crippen LogP contribution in [0.25, 0.3) is 10.9 Å². The van der Waals surface area contributed by atoms with Gasteiger partial charge in [0.25, 0.3) is 0 Å². The third-order valence-electron chi connectivity index (χ3n) is 5.86. The maximum Gasteiger partial charge on any atom is 0.147 e. The van der Waals surface area contributed by atoms with Crippen molar-refractivity contribution < 1.29 is 0 Å². The number of nitrogens with zero attached hydrogens (tertiary/aromatic N) is 6. The number of hydrogen-bond acceptors (Lipinski definition) is 5. The molecule has 2 aromatic heterocycles. The van der Waals surface area contributed by atoms with Crippen LogP contribution < -0.4 is 0 Å². The minimum Gasteiger partial charge on any atom is -0.312 e. The first-order chi connectivity index (χ1) is 17.2. The van der Waals surface area contributed by atoms with Crippen LogP contribution in [-0.4, -0.2) is 24.6 Å². The Balaban J connectivity index is 1.39. The minimum absolute atomic E-state index is 0.626. The second-order valence-corrected chi connectivity index (χ2v) is 9.37. The molecule has 0 unspecified atom stereocenters. The Labute approximate surface area is 212 Å². The van der Waals surface area contributed by atoms with Gasteiger partial charge in [0.1, 0.15) is 12.2 Å². The van der Waals surface area contributed by atoms with Crippen molar-refractivity contribution in [2.45, 2.75) is 26.2 Å². The summed E-state index contributed by atoms with van der Waals surface area (Å²) in [5.41, 5.74) is 4.98. The topological polar surface area (TPSA) is 70.6 Å². The van der Waals surface area contributed by atoms with Gasteiger partial charge in [-0.3, -0.25) is 9.88 Å². The Kier molecular flexibility index (Phi) is 6.94. The number of aromatic nitrogens is 4. The number of benzene rings is 3. The normalized spacial score (nSPS) is 11.1. The zero-order valence-corrected chi connectivity index (χ0v) is 20.6. The Morgan fingerprint density at radius 1 is 0.829 bits per heavy atom. The second-order valence-electron chi connectivity index (χ2n) is 8.45. The van der Waals surface area contributed by atoms with Crippen molar-refractivity contribution in [2.75, 3.05) is 0 Å². The van der Waals surface area contributed by atoms with E-state index in [-0.39, 0.29) is 0 Å². The van der Waals surface area contributed by atoms with Gasteiger partial charge in [-0.2, -0.15) is 5.26 Å². The van der Waals surface area contributed by atoms with E-state index in [9.17, 15) is 0 Å². The molecule has 5 aromatic rings. The molecule has 0 saturated carbocycles. The summed E-state index contributed by atoms with van der Waals surface area (Å²) in [5.74, 6) is 0.882. The first-order valence-corrected chi connectivity index (χ1v) is 12.1. The molecule has 35 heavy (non-hydrogen) atoms. The van der Waals surface area contributed by atoms with Crippen molar-refractivity contribution >= 4 is 26.8 Å². The molecule has 0 amide bonds. The lowest BCUT2D eigenvalue weighted by Gasteiger charge is -2.22. The third-order valence-corrected chi connectivity index (χ3v) is 6.39. The SMILES string of the molecule is N#Cc1ccc(Cn2cnnc2CN(Cc2ccc(Br)cc2)Cc2ccc3ccccc3n2)cc1. The number of rotatable bonds is 8. The van der Waals surface area contributed by atoms with Crippen LogP contribution in [0.3, 0.4) is 0 Å². The van der Waals surface area contributed by atoms with E-state index in [1.54, 1.807) is 6.33 Å². The van der Waals surface area contributed by atoms with Gasteiger partial charge in [0.2, 0.25) is 0 Å². The average Bonchev–Trinajstić information content (AvgIpc) is 3.32. The van der Waals surface area contributed by atoms with Crippen LogP contribution >= 0.6 is 15.9 Å². The molecule has 172 valence electrons. The molecule has 2 heterocycles. The molecule has 0 aliphatic carbocycles. The minimum atomic E-state index is 0.626. The summed E-state index contributed by atoms with van der Waals surface area (Å²) < 4.78 is 3.12. The van der Waals surface area contributed by atoms with Gasteiger partial charge in [-0.15, -0.1) is 10.2 Å². The molecule has 5 rings (SSSR count). The highest BCUT2D eigenvalue weighted by molar-refractivity contribution is 9.10. The van der Waals surface area contributed by atoms with Gasteiger partial charge in [0, 0.05) is 22.9 Å². The number of hydrogen-bond donors (Lipinski definition) is 0. The van der Waals surface area contributed by atoms with Gasteiger partial charge in [0.05, 0.1) is 35.9 Å². The quantitative estimate of drug-likeness (QED) is 0.261. The van der Waals surface area contributed by atoms with E-state index >= 15 is 0 Å². The molecule has 0 aliphatic heterocycles. The Hall–Kier alpha value is -3.86. The number of halogens is 1. The molecule has 3 aromatic carbocycles. The van der Waals surface area contributed by atoms with E-state index in [0.29, 0.717) is 25.2 Å². The van der Waals surface area contributed by atoms with Crippen LogP contribution in [0.2, 0.25) is 0 Å². The smallest absolute Gasteiger partial charge is 0.147 e. The highest BCUT2D eigenvalue weighted by Gasteiger charge is 2.14. The molecule has 0 bridgehead atoms. The maximum atomic E-state index is 9.06. The van der Waals surface area contributed by atoms with Gasteiger partial charge in [-0.05, 0) is 47.5 Å². The van der Waals surface area contributed by atoms with Crippen molar-refractivity contribution in [3.8, 4) is 6.07 Å². The summed E-state index contributed by atoms with van der Waals surface area (Å²) in [6.45, 7) is 2.71. The molecule has 7 heteroatoms. The van der Waals surface area contributed by atoms with Gasteiger partial charge in [0.15, 0.2) is 0 Å². The fraction of sp³-hybridized carbons (Fsp3) is 0.143. The monoisotopic (exact) mass is 522 g/mol. The number of para-hydroxylation sites is 1. The van der Waals surface area contributed by atoms with E-state index in [4.69, 9.17) is 10.2 Å². The summed E-state index contributed by atoms with van der Waals surface area (Å²) in [6.07, 6.45) is 1.76. The van der Waals surface area contributed by atoms with Crippen LogP contribution in [0.5, 0.6) is 0 Å². The fourth-order valence-electron chi connectivity index (χ4n) is 4.06. The largest absolute Gasteiger partial charge is 0.312 e. The summed E-state index contributed by atoms with van der Waals surface area (Å²) in [5, 5.41) is 18.8. The molecular weight excluding hydrogens is 500 g/mol. The fourth-order valence-corrected chi connectivity index (χ4v) is 4.32. The first kappa shape index (κ1) is 22.9. The lowest BCUT2D eigenvalue weighted by Crippen LogP contribution is -2.25. The van der Waals surface area contributed by atoms with Crippen molar-refractivity contribution in [3.63, 3.8) is 0 Å². The predicted octanol–water partition coefficient (Wildman–Crippen LogP) is 5.71. The Morgan fingerprint density at radius 3 is 2.40 bits per heavy atom. The maximum absolute atomic E-state index is 9.06. The molecule has 0 radical (unpaired) electrons. The van der Waals surface area contributed by atoms with Gasteiger partial charge >= 0.3 is 0 Å². The Morgan fingerprint density at radius 2 is 1.60 bits per heavy atom. The zero-order chi connectivity index (χ0) is 24.0. The van der Waals surface area contributed by atoms with Crippen LogP contribution in [0, 0.1) is 11.3 Å². The van der Waals surface area contributed by atoms with E-state index in [2.05, 4.69) is 84.1 Å². The summed E-state index contributed by atoms with van der Waals surface area (Å²) in [7, 11) is 0. The van der Waals surface area contributed by atoms with Crippen LogP contribution in [-0.2, 0) is 26.2 Å². The summed E-state index contributed by atoms with van der Waals surface area (Å²) in [4.78, 5) is 7.22. The molecule has 0 aliphatic rings. The standard InChI is InChI=1S/C28H23BrN6/c29-25-12-9-22(10-13-25)16-34(18-26-14-11-24-3-1-2-4-27(24)32-26)19-28-33-31-20-35(28)17-23-7-5-21(15-30)6-8-23/h1-14,20H,16-19H2. The Bertz CT molecular complexity index is 1470. The molecule has 0 spiro atoms. The van der Waals surface area contributed by atoms with Crippen molar-refractivity contribution in [2.24, 2.45) is 0 Å². The number of nitriles is 1. The zero-order valence-electron chi connectivity index (χ0n) is 19.0. The predicted molar refractivity (Wildman–Crippen MR) is 139 cm³/mol. The van der Waals surface area contributed by atoms with E-state index in [1.807, 2.05) is 42.5 Å². The highest BCUT2D eigenvalue weighted by Crippen LogP contribution is 2.18. The van der Waals surface area contributed by atoms with Crippen molar-refractivity contribution in [1.29, 1.82) is 5.26 Å². The molecule has 0 fully saturated rings. The van der Waals surface area contributed by atoms with Crippen LogP contribution in [0.15, 0.2) is 95.7 Å².